The minimum Gasteiger partial charge on any atom is -0.308 e. The van der Waals surface area contributed by atoms with E-state index in [1.807, 2.05) is 11.3 Å². The fourth-order valence-electron chi connectivity index (χ4n) is 12.5. The second kappa shape index (κ2) is 13.5. The molecule has 10 aromatic rings. The van der Waals surface area contributed by atoms with Crippen molar-refractivity contribution in [3.8, 4) is 22.3 Å². The third kappa shape index (κ3) is 4.58. The summed E-state index contributed by atoms with van der Waals surface area (Å²) in [7, 11) is 0. The lowest BCUT2D eigenvalue weighted by molar-refractivity contribution is 0.714. The van der Waals surface area contributed by atoms with Gasteiger partial charge in [0.15, 0.2) is 0 Å². The van der Waals surface area contributed by atoms with Crippen molar-refractivity contribution in [2.45, 2.75) is 23.7 Å². The third-order valence-corrected chi connectivity index (χ3v) is 16.0. The lowest BCUT2D eigenvalue weighted by Crippen LogP contribution is -2.28. The summed E-state index contributed by atoms with van der Waals surface area (Å²) in [6.07, 6.45) is 6.90. The molecular formula is C62H41NS. The zero-order chi connectivity index (χ0) is 42.0. The van der Waals surface area contributed by atoms with Crippen molar-refractivity contribution in [1.29, 1.82) is 0 Å². The second-order valence-electron chi connectivity index (χ2n) is 17.7. The van der Waals surface area contributed by atoms with Gasteiger partial charge in [0.25, 0.3) is 0 Å². The average Bonchev–Trinajstić information content (AvgIpc) is 4.08. The Balaban J connectivity index is 1.02. The van der Waals surface area contributed by atoms with Crippen LogP contribution in [0.25, 0.3) is 48.0 Å². The van der Waals surface area contributed by atoms with Gasteiger partial charge in [-0.1, -0.05) is 194 Å². The van der Waals surface area contributed by atoms with Crippen LogP contribution in [0.1, 0.15) is 57.3 Å². The van der Waals surface area contributed by atoms with Crippen molar-refractivity contribution in [1.82, 2.24) is 0 Å². The predicted molar refractivity (Wildman–Crippen MR) is 268 cm³/mol. The third-order valence-electron chi connectivity index (χ3n) is 14.9. The number of nitrogens with zero attached hydrogens (tertiary/aromatic N) is 1. The van der Waals surface area contributed by atoms with E-state index in [0.29, 0.717) is 0 Å². The number of benzene rings is 9. The van der Waals surface area contributed by atoms with Crippen LogP contribution in [0.3, 0.4) is 0 Å². The predicted octanol–water partition coefficient (Wildman–Crippen LogP) is 16.3. The SMILES string of the molecule is C1=CC2=C(CC1)C1(c3ccccc3-c3ccccc31)c1cccc(N(c3ccccc3)c3cccc4c3sc3cc(C5(c6ccccc6)c6ccccc6-c6ccccc65)ccc34)c12. The van der Waals surface area contributed by atoms with E-state index in [1.54, 1.807) is 0 Å². The topological polar surface area (TPSA) is 3.24 Å². The summed E-state index contributed by atoms with van der Waals surface area (Å²) in [6.45, 7) is 0. The van der Waals surface area contributed by atoms with Crippen molar-refractivity contribution >= 4 is 54.1 Å². The van der Waals surface area contributed by atoms with Gasteiger partial charge in [0.2, 0.25) is 0 Å². The number of allylic oxidation sites excluding steroid dienone is 4. The highest BCUT2D eigenvalue weighted by atomic mass is 32.1. The molecule has 0 aliphatic heterocycles. The summed E-state index contributed by atoms with van der Waals surface area (Å²) in [5, 5.41) is 2.57. The van der Waals surface area contributed by atoms with Crippen LogP contribution in [0.15, 0.2) is 230 Å². The van der Waals surface area contributed by atoms with E-state index in [4.69, 9.17) is 0 Å². The number of fused-ring (bicyclic) bond motifs is 15. The van der Waals surface area contributed by atoms with Gasteiger partial charge in [-0.15, -0.1) is 11.3 Å². The molecule has 0 N–H and O–H groups in total. The summed E-state index contributed by atoms with van der Waals surface area (Å²) in [6, 6.07) is 80.0. The van der Waals surface area contributed by atoms with Gasteiger partial charge in [0.05, 0.1) is 26.9 Å². The Labute approximate surface area is 377 Å². The van der Waals surface area contributed by atoms with Crippen LogP contribution in [0.2, 0.25) is 0 Å². The minimum atomic E-state index is -0.450. The van der Waals surface area contributed by atoms with Crippen LogP contribution in [-0.2, 0) is 10.8 Å². The van der Waals surface area contributed by atoms with E-state index in [1.165, 1.54) is 109 Å². The zero-order valence-electron chi connectivity index (χ0n) is 35.1. The average molecular weight is 832 g/mol. The number of thiophene rings is 1. The van der Waals surface area contributed by atoms with Crippen LogP contribution in [-0.4, -0.2) is 0 Å². The highest BCUT2D eigenvalue weighted by Gasteiger charge is 2.53. The molecule has 1 heterocycles. The molecular weight excluding hydrogens is 791 g/mol. The van der Waals surface area contributed by atoms with Crippen molar-refractivity contribution < 1.29 is 0 Å². The Morgan fingerprint density at radius 1 is 0.422 bits per heavy atom. The van der Waals surface area contributed by atoms with E-state index in [9.17, 15) is 0 Å². The number of anilines is 3. The Morgan fingerprint density at radius 3 is 1.62 bits per heavy atom. The molecule has 4 aliphatic carbocycles. The van der Waals surface area contributed by atoms with Crippen LogP contribution in [0.5, 0.6) is 0 Å². The quantitative estimate of drug-likeness (QED) is 0.167. The Kier molecular flexibility index (Phi) is 7.59. The second-order valence-corrected chi connectivity index (χ2v) is 18.8. The first-order valence-corrected chi connectivity index (χ1v) is 23.4. The standard InChI is InChI=1S/C62H41NS/c1-3-19-40(20-4-1)61(50-29-12-7-23-43(50)44-24-8-13-30-51(44)61)41-37-38-47-48-28-17-36-57(60(48)64-58(47)39-41)63(42-21-5-2-6-22-42)56-35-18-34-55-59(56)49-27-11-16-33-54(49)62(55)52-31-14-9-25-45(52)46-26-10-15-32-53(46)62/h1-15,17-32,34-39H,16,33H2. The van der Waals surface area contributed by atoms with Crippen LogP contribution < -0.4 is 4.90 Å². The molecule has 1 nitrogen and oxygen atoms in total. The fourth-order valence-corrected chi connectivity index (χ4v) is 13.8. The maximum absolute atomic E-state index is 2.56. The molecule has 0 radical (unpaired) electrons. The summed E-state index contributed by atoms with van der Waals surface area (Å²) in [4.78, 5) is 2.56. The molecule has 1 spiro atoms. The smallest absolute Gasteiger partial charge is 0.0714 e. The molecule has 0 unspecified atom stereocenters. The van der Waals surface area contributed by atoms with Gasteiger partial charge >= 0.3 is 0 Å². The largest absolute Gasteiger partial charge is 0.308 e. The molecule has 0 saturated carbocycles. The normalized spacial score (nSPS) is 15.5. The summed E-state index contributed by atoms with van der Waals surface area (Å²) >= 11 is 1.92. The molecule has 0 amide bonds. The molecule has 64 heavy (non-hydrogen) atoms. The Hall–Kier alpha value is -7.52. The van der Waals surface area contributed by atoms with E-state index in [0.717, 1.165) is 18.5 Å². The van der Waals surface area contributed by atoms with Crippen molar-refractivity contribution in [3.05, 3.63) is 275 Å². The first-order chi connectivity index (χ1) is 31.8. The molecule has 2 heteroatoms. The lowest BCUT2D eigenvalue weighted by Gasteiger charge is -2.34. The number of hydrogen-bond donors (Lipinski definition) is 0. The number of hydrogen-bond acceptors (Lipinski definition) is 2. The van der Waals surface area contributed by atoms with Gasteiger partial charge in [0.1, 0.15) is 0 Å². The monoisotopic (exact) mass is 831 g/mol. The molecule has 300 valence electrons. The van der Waals surface area contributed by atoms with Gasteiger partial charge in [-0.3, -0.25) is 0 Å². The Morgan fingerprint density at radius 2 is 0.969 bits per heavy atom. The van der Waals surface area contributed by atoms with Crippen molar-refractivity contribution in [3.63, 3.8) is 0 Å². The van der Waals surface area contributed by atoms with E-state index in [2.05, 4.69) is 229 Å². The first-order valence-electron chi connectivity index (χ1n) is 22.6. The molecule has 0 bridgehead atoms. The molecule has 0 atom stereocenters. The van der Waals surface area contributed by atoms with Crippen molar-refractivity contribution in [2.75, 3.05) is 4.90 Å². The van der Waals surface area contributed by atoms with Crippen molar-refractivity contribution in [2.24, 2.45) is 0 Å². The van der Waals surface area contributed by atoms with E-state index in [-0.39, 0.29) is 5.41 Å². The summed E-state index contributed by atoms with van der Waals surface area (Å²) in [5.74, 6) is 0. The van der Waals surface area contributed by atoms with Crippen LogP contribution in [0.4, 0.5) is 17.1 Å². The fraction of sp³-hybridized carbons (Fsp3) is 0.0645. The number of para-hydroxylation sites is 1. The Bertz CT molecular complexity index is 3530. The van der Waals surface area contributed by atoms with Gasteiger partial charge in [0, 0.05) is 26.7 Å². The minimum absolute atomic E-state index is 0.340. The number of rotatable bonds is 5. The maximum atomic E-state index is 2.56. The highest BCUT2D eigenvalue weighted by molar-refractivity contribution is 7.26. The molecule has 1 aromatic heterocycles. The maximum Gasteiger partial charge on any atom is 0.0714 e. The molecule has 9 aromatic carbocycles. The van der Waals surface area contributed by atoms with E-state index >= 15 is 0 Å². The summed E-state index contributed by atoms with van der Waals surface area (Å²) < 4.78 is 2.58. The first kappa shape index (κ1) is 36.0. The molecule has 4 aliphatic rings. The van der Waals surface area contributed by atoms with E-state index < -0.39 is 5.41 Å². The molecule has 0 saturated heterocycles. The van der Waals surface area contributed by atoms with Gasteiger partial charge in [-0.05, 0) is 116 Å². The highest BCUT2D eigenvalue weighted by Crippen LogP contribution is 2.65. The molecule has 14 rings (SSSR count). The zero-order valence-corrected chi connectivity index (χ0v) is 35.9. The van der Waals surface area contributed by atoms with Gasteiger partial charge < -0.3 is 4.90 Å². The van der Waals surface area contributed by atoms with Gasteiger partial charge in [-0.25, -0.2) is 0 Å². The van der Waals surface area contributed by atoms with Gasteiger partial charge in [-0.2, -0.15) is 0 Å². The lowest BCUT2D eigenvalue weighted by atomic mass is 9.67. The molecule has 0 fully saturated rings. The summed E-state index contributed by atoms with van der Waals surface area (Å²) in [5.41, 5.74) is 21.8. The van der Waals surface area contributed by atoms with Crippen LogP contribution >= 0.6 is 11.3 Å². The van der Waals surface area contributed by atoms with Crippen LogP contribution in [0, 0.1) is 0 Å².